The second-order valence-corrected chi connectivity index (χ2v) is 8.12. The van der Waals surface area contributed by atoms with Crippen LogP contribution in [0.25, 0.3) is 0 Å². The van der Waals surface area contributed by atoms with Gasteiger partial charge in [-0.25, -0.2) is 4.98 Å². The van der Waals surface area contributed by atoms with Crippen LogP contribution in [-0.2, 0) is 19.4 Å². The molecule has 156 valence electrons. The van der Waals surface area contributed by atoms with Crippen LogP contribution in [0.4, 0.5) is 5.82 Å². The first-order valence-electron chi connectivity index (χ1n) is 10.2. The maximum absolute atomic E-state index is 12.7. The van der Waals surface area contributed by atoms with Crippen molar-refractivity contribution in [1.29, 1.82) is 0 Å². The van der Waals surface area contributed by atoms with Gasteiger partial charge in [0.2, 0.25) is 0 Å². The van der Waals surface area contributed by atoms with Crippen molar-refractivity contribution >= 4 is 11.7 Å². The van der Waals surface area contributed by atoms with Crippen molar-refractivity contribution in [2.24, 2.45) is 0 Å². The van der Waals surface area contributed by atoms with E-state index in [0.29, 0.717) is 11.4 Å². The molecule has 0 aliphatic carbocycles. The molecule has 1 aromatic carbocycles. The van der Waals surface area contributed by atoms with Crippen molar-refractivity contribution in [2.45, 2.75) is 39.3 Å². The number of fused-ring (bicyclic) bond motifs is 1. The molecule has 0 unspecified atom stereocenters. The average molecular weight is 397 g/mol. The summed E-state index contributed by atoms with van der Waals surface area (Å²) in [6.45, 7) is 6.89. The van der Waals surface area contributed by atoms with Crippen LogP contribution in [0.1, 0.15) is 41.0 Å². The van der Waals surface area contributed by atoms with Crippen LogP contribution < -0.4 is 10.1 Å². The number of anilines is 1. The topological polar surface area (TPSA) is 57.7 Å². The first-order valence-corrected chi connectivity index (χ1v) is 10.2. The molecule has 6 heteroatoms. The largest absolute Gasteiger partial charge is 0.497 e. The van der Waals surface area contributed by atoms with Crippen molar-refractivity contribution in [2.75, 3.05) is 39.6 Å². The lowest BCUT2D eigenvalue weighted by Gasteiger charge is -2.19. The number of hydrogen-bond acceptors (Lipinski definition) is 5. The number of pyridine rings is 1. The monoisotopic (exact) mass is 396 g/mol. The first-order chi connectivity index (χ1) is 13.9. The molecule has 1 aliphatic heterocycles. The summed E-state index contributed by atoms with van der Waals surface area (Å²) in [4.78, 5) is 21.6. The van der Waals surface area contributed by atoms with Gasteiger partial charge in [0.1, 0.15) is 11.6 Å². The molecule has 0 radical (unpaired) electrons. The summed E-state index contributed by atoms with van der Waals surface area (Å²) >= 11 is 0. The SMILES string of the molecule is COc1cccc(CN2CCc3cc(C(=O)N(C)C)c(NC(C)C)nc3CC2)c1. The Morgan fingerprint density at radius 2 is 2.00 bits per heavy atom. The van der Waals surface area contributed by atoms with Gasteiger partial charge in [0.15, 0.2) is 0 Å². The molecule has 3 rings (SSSR count). The van der Waals surface area contributed by atoms with E-state index in [1.807, 2.05) is 18.2 Å². The Bertz CT molecular complexity index is 864. The second-order valence-electron chi connectivity index (χ2n) is 8.12. The molecule has 2 heterocycles. The highest BCUT2D eigenvalue weighted by molar-refractivity contribution is 5.98. The predicted molar refractivity (Wildman–Crippen MR) is 117 cm³/mol. The summed E-state index contributed by atoms with van der Waals surface area (Å²) in [5.41, 5.74) is 4.17. The number of hydrogen-bond donors (Lipinski definition) is 1. The number of carbonyl (C=O) groups excluding carboxylic acids is 1. The van der Waals surface area contributed by atoms with Gasteiger partial charge in [-0.15, -0.1) is 0 Å². The zero-order chi connectivity index (χ0) is 21.0. The van der Waals surface area contributed by atoms with Crippen molar-refractivity contribution < 1.29 is 9.53 Å². The fraction of sp³-hybridized carbons (Fsp3) is 0.478. The van der Waals surface area contributed by atoms with Crippen LogP contribution in [-0.4, -0.2) is 61.0 Å². The van der Waals surface area contributed by atoms with E-state index in [2.05, 4.69) is 36.2 Å². The van der Waals surface area contributed by atoms with Crippen LogP contribution in [0.3, 0.4) is 0 Å². The van der Waals surface area contributed by atoms with Gasteiger partial charge in [0.05, 0.1) is 12.7 Å². The van der Waals surface area contributed by atoms with E-state index < -0.39 is 0 Å². The van der Waals surface area contributed by atoms with Gasteiger partial charge in [-0.2, -0.15) is 0 Å². The Morgan fingerprint density at radius 1 is 1.24 bits per heavy atom. The van der Waals surface area contributed by atoms with Crippen LogP contribution >= 0.6 is 0 Å². The molecule has 0 fully saturated rings. The van der Waals surface area contributed by atoms with Crippen molar-refractivity contribution in [1.82, 2.24) is 14.8 Å². The highest BCUT2D eigenvalue weighted by Crippen LogP contribution is 2.24. The molecule has 1 aromatic heterocycles. The van der Waals surface area contributed by atoms with Gasteiger partial charge < -0.3 is 15.0 Å². The second kappa shape index (κ2) is 9.27. The fourth-order valence-electron chi connectivity index (χ4n) is 3.65. The number of rotatable bonds is 6. The van der Waals surface area contributed by atoms with E-state index in [4.69, 9.17) is 9.72 Å². The van der Waals surface area contributed by atoms with E-state index >= 15 is 0 Å². The van der Waals surface area contributed by atoms with Crippen LogP contribution in [0.2, 0.25) is 0 Å². The van der Waals surface area contributed by atoms with Gasteiger partial charge in [0.25, 0.3) is 5.91 Å². The molecular weight excluding hydrogens is 364 g/mol. The molecule has 2 aromatic rings. The molecule has 0 bridgehead atoms. The van der Waals surface area contributed by atoms with E-state index in [1.165, 1.54) is 11.1 Å². The molecule has 1 amide bonds. The minimum atomic E-state index is -0.0130. The maximum Gasteiger partial charge on any atom is 0.257 e. The Balaban J connectivity index is 1.81. The molecular formula is C23H32N4O2. The van der Waals surface area contributed by atoms with E-state index in [9.17, 15) is 4.79 Å². The summed E-state index contributed by atoms with van der Waals surface area (Å²) in [5, 5.41) is 3.36. The lowest BCUT2D eigenvalue weighted by Crippen LogP contribution is -2.25. The molecule has 0 spiro atoms. The molecule has 0 atom stereocenters. The first kappa shape index (κ1) is 21.1. The number of nitrogens with one attached hydrogen (secondary N) is 1. The Morgan fingerprint density at radius 3 is 2.69 bits per heavy atom. The molecule has 6 nitrogen and oxygen atoms in total. The zero-order valence-electron chi connectivity index (χ0n) is 18.2. The number of benzene rings is 1. The summed E-state index contributed by atoms with van der Waals surface area (Å²) < 4.78 is 5.35. The quantitative estimate of drug-likeness (QED) is 0.813. The lowest BCUT2D eigenvalue weighted by molar-refractivity contribution is 0.0828. The summed E-state index contributed by atoms with van der Waals surface area (Å²) in [6, 6.07) is 10.5. The number of ether oxygens (including phenoxy) is 1. The Kier molecular flexibility index (Phi) is 6.75. The summed E-state index contributed by atoms with van der Waals surface area (Å²) in [5.74, 6) is 1.57. The fourth-order valence-corrected chi connectivity index (χ4v) is 3.65. The normalized spacial score (nSPS) is 14.3. The third-order valence-electron chi connectivity index (χ3n) is 5.16. The summed E-state index contributed by atoms with van der Waals surface area (Å²) in [6.07, 6.45) is 1.77. The van der Waals surface area contributed by atoms with Crippen LogP contribution in [0, 0.1) is 0 Å². The van der Waals surface area contributed by atoms with Gasteiger partial charge in [0, 0.05) is 51.9 Å². The van der Waals surface area contributed by atoms with Crippen LogP contribution in [0.5, 0.6) is 5.75 Å². The van der Waals surface area contributed by atoms with E-state index in [0.717, 1.165) is 43.9 Å². The van der Waals surface area contributed by atoms with Crippen molar-refractivity contribution in [3.8, 4) is 5.75 Å². The third-order valence-corrected chi connectivity index (χ3v) is 5.16. The molecule has 0 saturated heterocycles. The van der Waals surface area contributed by atoms with Gasteiger partial charge in [-0.05, 0) is 49.6 Å². The van der Waals surface area contributed by atoms with Crippen molar-refractivity contribution in [3.05, 3.63) is 52.7 Å². The Labute approximate surface area is 173 Å². The van der Waals surface area contributed by atoms with E-state index in [-0.39, 0.29) is 11.9 Å². The standard InChI is InChI=1S/C23H32N4O2/c1-16(2)24-22-20(23(28)26(3)4)14-18-9-11-27(12-10-21(18)25-22)15-17-7-6-8-19(13-17)29-5/h6-8,13-14,16H,9-12,15H2,1-5H3,(H,24,25). The minimum Gasteiger partial charge on any atom is -0.497 e. The van der Waals surface area contributed by atoms with Gasteiger partial charge in [-0.1, -0.05) is 12.1 Å². The van der Waals surface area contributed by atoms with Gasteiger partial charge in [-0.3, -0.25) is 9.69 Å². The van der Waals surface area contributed by atoms with Gasteiger partial charge >= 0.3 is 0 Å². The van der Waals surface area contributed by atoms with Crippen molar-refractivity contribution in [3.63, 3.8) is 0 Å². The smallest absolute Gasteiger partial charge is 0.257 e. The average Bonchev–Trinajstić information content (AvgIpc) is 2.88. The maximum atomic E-state index is 12.7. The highest BCUT2D eigenvalue weighted by atomic mass is 16.5. The number of carbonyl (C=O) groups is 1. The predicted octanol–water partition coefficient (Wildman–Crippen LogP) is 3.21. The third kappa shape index (κ3) is 5.26. The number of aromatic nitrogens is 1. The molecule has 1 N–H and O–H groups in total. The highest BCUT2D eigenvalue weighted by Gasteiger charge is 2.22. The molecule has 29 heavy (non-hydrogen) atoms. The molecule has 0 saturated carbocycles. The Hall–Kier alpha value is -2.60. The minimum absolute atomic E-state index is 0.0130. The summed E-state index contributed by atoms with van der Waals surface area (Å²) in [7, 11) is 5.26. The molecule has 1 aliphatic rings. The lowest BCUT2D eigenvalue weighted by atomic mass is 10.0. The van der Waals surface area contributed by atoms with E-state index in [1.54, 1.807) is 26.1 Å². The van der Waals surface area contributed by atoms with Crippen LogP contribution in [0.15, 0.2) is 30.3 Å². The number of nitrogens with zero attached hydrogens (tertiary/aromatic N) is 3. The number of methoxy groups -OCH3 is 1. The zero-order valence-corrected chi connectivity index (χ0v) is 18.2. The number of amides is 1.